The van der Waals surface area contributed by atoms with Gasteiger partial charge >= 0.3 is 5.97 Å². The Morgan fingerprint density at radius 3 is 2.59 bits per heavy atom. The zero-order valence-electron chi connectivity index (χ0n) is 21.2. The molecule has 1 saturated carbocycles. The van der Waals surface area contributed by atoms with Crippen LogP contribution >= 0.6 is 0 Å². The van der Waals surface area contributed by atoms with Crippen molar-refractivity contribution >= 4 is 27.8 Å². The maximum absolute atomic E-state index is 14.3. The van der Waals surface area contributed by atoms with Crippen molar-refractivity contribution in [2.75, 3.05) is 20.3 Å². The molecule has 2 fully saturated rings. The van der Waals surface area contributed by atoms with Crippen molar-refractivity contribution in [3.8, 4) is 5.69 Å². The van der Waals surface area contributed by atoms with Crippen molar-refractivity contribution in [2.45, 2.75) is 62.9 Å². The molecule has 8 heteroatoms. The number of halogens is 1. The Bertz CT molecular complexity index is 1480. The molecule has 1 saturated heterocycles. The van der Waals surface area contributed by atoms with Gasteiger partial charge in [-0.1, -0.05) is 0 Å². The van der Waals surface area contributed by atoms with Crippen molar-refractivity contribution in [1.82, 2.24) is 14.8 Å². The van der Waals surface area contributed by atoms with Crippen molar-refractivity contribution in [3.63, 3.8) is 0 Å². The zero-order valence-corrected chi connectivity index (χ0v) is 21.2. The Morgan fingerprint density at radius 1 is 1.16 bits per heavy atom. The molecule has 4 aromatic rings. The summed E-state index contributed by atoms with van der Waals surface area (Å²) in [4.78, 5) is 12.1. The standard InChI is InChI=1S/C29H32FN3O4/c1-17-13-21(3-4-23(17)30)33-25-14-20-16-31-32-24(20)15-22(25)26(27(33)19-7-11-37-12-8-19)18-5-9-29(36-2,10-6-18)28(34)35/h3-4,13-16,18-19H,5-12H2,1-2H3,(H,31,32)(H,34,35). The molecule has 7 nitrogen and oxygen atoms in total. The quantitative estimate of drug-likeness (QED) is 0.349. The second-order valence-electron chi connectivity index (χ2n) is 10.6. The highest BCUT2D eigenvalue weighted by molar-refractivity contribution is 5.99. The molecular formula is C29H32FN3O4. The van der Waals surface area contributed by atoms with Crippen LogP contribution < -0.4 is 0 Å². The molecule has 2 aliphatic rings. The number of hydrogen-bond donors (Lipinski definition) is 2. The number of carboxylic acid groups (broad SMARTS) is 1. The number of fused-ring (bicyclic) bond motifs is 2. The minimum absolute atomic E-state index is 0.186. The fourth-order valence-electron chi connectivity index (χ4n) is 6.50. The van der Waals surface area contributed by atoms with E-state index in [9.17, 15) is 14.3 Å². The molecular weight excluding hydrogens is 473 g/mol. The van der Waals surface area contributed by atoms with E-state index in [1.165, 1.54) is 18.4 Å². The Morgan fingerprint density at radius 2 is 1.92 bits per heavy atom. The Balaban J connectivity index is 1.60. The number of H-pyrrole nitrogens is 1. The molecule has 0 bridgehead atoms. The zero-order chi connectivity index (χ0) is 25.7. The van der Waals surface area contributed by atoms with Crippen LogP contribution in [0.25, 0.3) is 27.5 Å². The summed E-state index contributed by atoms with van der Waals surface area (Å²) in [6.07, 6.45) is 6.02. The van der Waals surface area contributed by atoms with Crippen LogP contribution in [0, 0.1) is 12.7 Å². The summed E-state index contributed by atoms with van der Waals surface area (Å²) in [6.45, 7) is 3.20. The van der Waals surface area contributed by atoms with Gasteiger partial charge in [0.25, 0.3) is 0 Å². The summed E-state index contributed by atoms with van der Waals surface area (Å²) in [5, 5.41) is 19.4. The molecule has 6 rings (SSSR count). The van der Waals surface area contributed by atoms with E-state index in [-0.39, 0.29) is 17.7 Å². The number of carbonyl (C=O) groups is 1. The van der Waals surface area contributed by atoms with Crippen molar-refractivity contribution in [1.29, 1.82) is 0 Å². The first kappa shape index (κ1) is 24.1. The number of rotatable bonds is 5. The van der Waals surface area contributed by atoms with E-state index >= 15 is 0 Å². The molecule has 37 heavy (non-hydrogen) atoms. The summed E-state index contributed by atoms with van der Waals surface area (Å²) >= 11 is 0. The monoisotopic (exact) mass is 505 g/mol. The average Bonchev–Trinajstić information content (AvgIpc) is 3.51. The van der Waals surface area contributed by atoms with Gasteiger partial charge in [-0.05, 0) is 92.8 Å². The van der Waals surface area contributed by atoms with E-state index in [1.54, 1.807) is 13.0 Å². The number of hydrogen-bond acceptors (Lipinski definition) is 4. The third-order valence-corrected chi connectivity index (χ3v) is 8.59. The summed E-state index contributed by atoms with van der Waals surface area (Å²) in [5.74, 6) is -0.638. The number of aromatic amines is 1. The molecule has 2 aromatic heterocycles. The third-order valence-electron chi connectivity index (χ3n) is 8.59. The minimum atomic E-state index is -1.13. The van der Waals surface area contributed by atoms with Crippen LogP contribution in [0.3, 0.4) is 0 Å². The first-order valence-corrected chi connectivity index (χ1v) is 13.1. The number of methoxy groups -OCH3 is 1. The highest BCUT2D eigenvalue weighted by Gasteiger charge is 2.44. The number of nitrogens with zero attached hydrogens (tertiary/aromatic N) is 2. The van der Waals surface area contributed by atoms with E-state index in [0.717, 1.165) is 53.2 Å². The maximum Gasteiger partial charge on any atom is 0.335 e. The molecule has 0 amide bonds. The summed E-state index contributed by atoms with van der Waals surface area (Å²) in [6, 6.07) is 9.66. The smallest absolute Gasteiger partial charge is 0.335 e. The van der Waals surface area contributed by atoms with E-state index in [0.29, 0.717) is 31.6 Å². The Kier molecular flexibility index (Phi) is 6.04. The van der Waals surface area contributed by atoms with Crippen LogP contribution in [0.15, 0.2) is 36.5 Å². The molecule has 0 radical (unpaired) electrons. The van der Waals surface area contributed by atoms with Crippen LogP contribution in [-0.2, 0) is 14.3 Å². The van der Waals surface area contributed by atoms with Gasteiger partial charge in [0.05, 0.1) is 17.2 Å². The van der Waals surface area contributed by atoms with Gasteiger partial charge in [0.1, 0.15) is 5.82 Å². The fourth-order valence-corrected chi connectivity index (χ4v) is 6.50. The van der Waals surface area contributed by atoms with Crippen LogP contribution in [0.1, 0.15) is 67.2 Å². The predicted molar refractivity (Wildman–Crippen MR) is 139 cm³/mol. The summed E-state index contributed by atoms with van der Waals surface area (Å²) < 4.78 is 27.9. The maximum atomic E-state index is 14.3. The molecule has 2 N–H and O–H groups in total. The van der Waals surface area contributed by atoms with Crippen molar-refractivity contribution < 1.29 is 23.8 Å². The lowest BCUT2D eigenvalue weighted by molar-refractivity contribution is -0.166. The van der Waals surface area contributed by atoms with Crippen LogP contribution in [0.2, 0.25) is 0 Å². The predicted octanol–water partition coefficient (Wildman–Crippen LogP) is 5.98. The highest BCUT2D eigenvalue weighted by Crippen LogP contribution is 2.48. The Hall–Kier alpha value is -3.23. The Labute approximate surface area is 214 Å². The van der Waals surface area contributed by atoms with E-state index in [4.69, 9.17) is 9.47 Å². The third kappa shape index (κ3) is 3.94. The van der Waals surface area contributed by atoms with Gasteiger partial charge in [-0.15, -0.1) is 0 Å². The molecule has 0 atom stereocenters. The second-order valence-corrected chi connectivity index (χ2v) is 10.6. The number of aryl methyl sites for hydroxylation is 1. The lowest BCUT2D eigenvalue weighted by Crippen LogP contribution is -2.43. The van der Waals surface area contributed by atoms with E-state index in [1.807, 2.05) is 18.3 Å². The number of aromatic nitrogens is 3. The first-order valence-electron chi connectivity index (χ1n) is 13.1. The van der Waals surface area contributed by atoms with Gasteiger partial charge in [0.15, 0.2) is 5.60 Å². The molecule has 194 valence electrons. The average molecular weight is 506 g/mol. The molecule has 1 aliphatic heterocycles. The largest absolute Gasteiger partial charge is 0.479 e. The second kappa shape index (κ2) is 9.26. The molecule has 1 aliphatic carbocycles. The lowest BCUT2D eigenvalue weighted by atomic mass is 9.74. The highest BCUT2D eigenvalue weighted by atomic mass is 19.1. The first-order chi connectivity index (χ1) is 17.9. The van der Waals surface area contributed by atoms with Gasteiger partial charge < -0.3 is 19.1 Å². The van der Waals surface area contributed by atoms with Gasteiger partial charge in [-0.3, -0.25) is 5.10 Å². The number of ether oxygens (including phenoxy) is 2. The molecule has 3 heterocycles. The number of carboxylic acids is 1. The van der Waals surface area contributed by atoms with Gasteiger partial charge in [0, 0.05) is 48.4 Å². The van der Waals surface area contributed by atoms with Gasteiger partial charge in [-0.25, -0.2) is 9.18 Å². The van der Waals surface area contributed by atoms with Gasteiger partial charge in [-0.2, -0.15) is 5.10 Å². The lowest BCUT2D eigenvalue weighted by Gasteiger charge is -2.36. The summed E-state index contributed by atoms with van der Waals surface area (Å²) in [5.41, 5.74) is 4.97. The number of benzene rings is 2. The fraction of sp³-hybridized carbons (Fsp3) is 0.448. The summed E-state index contributed by atoms with van der Waals surface area (Å²) in [7, 11) is 1.50. The molecule has 2 aromatic carbocycles. The minimum Gasteiger partial charge on any atom is -0.479 e. The van der Waals surface area contributed by atoms with Crippen LogP contribution in [0.4, 0.5) is 4.39 Å². The number of nitrogens with one attached hydrogen (secondary N) is 1. The van der Waals surface area contributed by atoms with Crippen molar-refractivity contribution in [3.05, 3.63) is 59.2 Å². The van der Waals surface area contributed by atoms with Crippen molar-refractivity contribution in [2.24, 2.45) is 0 Å². The number of aliphatic carboxylic acids is 1. The van der Waals surface area contributed by atoms with Gasteiger partial charge in [0.2, 0.25) is 0 Å². The van der Waals surface area contributed by atoms with Crippen LogP contribution in [-0.4, -0.2) is 51.8 Å². The van der Waals surface area contributed by atoms with Crippen LogP contribution in [0.5, 0.6) is 0 Å². The SMILES string of the molecule is COC1(C(=O)O)CCC(c2c(C3CCOCC3)n(-c3ccc(F)c(C)c3)c3cc4cn[nH]c4cc23)CC1. The molecule has 0 unspecified atom stereocenters. The molecule has 0 spiro atoms. The normalized spacial score (nSPS) is 23.2. The van der Waals surface area contributed by atoms with E-state index in [2.05, 4.69) is 26.9 Å². The topological polar surface area (TPSA) is 89.4 Å². The van der Waals surface area contributed by atoms with E-state index < -0.39 is 11.6 Å².